The molecule has 5 rings (SSSR count). The Hall–Kier alpha value is -4.69. The summed E-state index contributed by atoms with van der Waals surface area (Å²) in [6.45, 7) is 4.88. The second-order valence-electron chi connectivity index (χ2n) is 11.1. The van der Waals surface area contributed by atoms with Gasteiger partial charge in [0.15, 0.2) is 18.0 Å². The molecule has 0 aliphatic carbocycles. The third-order valence-electron chi connectivity index (χ3n) is 7.49. The lowest BCUT2D eigenvalue weighted by Crippen LogP contribution is -2.65. The van der Waals surface area contributed by atoms with Crippen molar-refractivity contribution in [2.24, 2.45) is 5.73 Å². The number of methoxy groups -OCH3 is 1. The van der Waals surface area contributed by atoms with E-state index in [1.807, 2.05) is 0 Å². The summed E-state index contributed by atoms with van der Waals surface area (Å²) in [6, 6.07) is 14.1. The van der Waals surface area contributed by atoms with E-state index in [1.54, 1.807) is 57.2 Å². The first kappa shape index (κ1) is 32.7. The lowest BCUT2D eigenvalue weighted by Gasteiger charge is -2.47. The Bertz CT molecular complexity index is 1840. The number of nitrogens with two attached hydrogens (primary N) is 1. The van der Waals surface area contributed by atoms with Crippen molar-refractivity contribution in [1.82, 2.24) is 4.98 Å². The number of ketones is 1. The van der Waals surface area contributed by atoms with Gasteiger partial charge < -0.3 is 44.0 Å². The van der Waals surface area contributed by atoms with Crippen molar-refractivity contribution < 1.29 is 47.9 Å². The first-order chi connectivity index (χ1) is 21.8. The molecule has 242 valence electrons. The lowest BCUT2D eigenvalue weighted by molar-refractivity contribution is -0.304. The topological polar surface area (TPSA) is 190 Å². The van der Waals surface area contributed by atoms with Crippen molar-refractivity contribution in [2.75, 3.05) is 7.11 Å². The predicted molar refractivity (Wildman–Crippen MR) is 164 cm³/mol. The van der Waals surface area contributed by atoms with Gasteiger partial charge in [-0.1, -0.05) is 17.7 Å². The number of ether oxygens (including phenoxy) is 5. The summed E-state index contributed by atoms with van der Waals surface area (Å²) in [5.74, 6) is -0.274. The largest absolute Gasteiger partial charge is 0.507 e. The van der Waals surface area contributed by atoms with Gasteiger partial charge in [0.05, 0.1) is 16.6 Å². The summed E-state index contributed by atoms with van der Waals surface area (Å²) in [5, 5.41) is 22.7. The molecule has 3 heterocycles. The van der Waals surface area contributed by atoms with Crippen molar-refractivity contribution in [2.45, 2.75) is 57.4 Å². The molecule has 0 bridgehead atoms. The Labute approximate surface area is 267 Å². The number of Topliss-reactive ketones (excluding diaryl/α,β-unsaturated/α-hetero) is 1. The highest BCUT2D eigenvalue weighted by Crippen LogP contribution is 2.38. The molecule has 1 aliphatic rings. The Morgan fingerprint density at radius 2 is 1.83 bits per heavy atom. The number of amides is 1. The van der Waals surface area contributed by atoms with Crippen molar-refractivity contribution in [3.8, 4) is 23.1 Å². The number of aliphatic hydroxyl groups excluding tert-OH is 1. The van der Waals surface area contributed by atoms with E-state index < -0.39 is 59.9 Å². The van der Waals surface area contributed by atoms with Crippen LogP contribution in [-0.2, 0) is 20.6 Å². The number of aryl methyl sites for hydroxylation is 1. The van der Waals surface area contributed by atoms with E-state index in [-0.39, 0.29) is 39.4 Å². The molecule has 1 amide bonds. The van der Waals surface area contributed by atoms with Crippen molar-refractivity contribution in [1.29, 1.82) is 0 Å². The molecule has 4 aromatic rings. The fraction of sp³-hybridized carbons (Fsp3) is 0.312. The maximum Gasteiger partial charge on any atom is 0.404 e. The number of aliphatic hydroxyl groups is 1. The van der Waals surface area contributed by atoms with Crippen LogP contribution >= 0.6 is 11.6 Å². The highest BCUT2D eigenvalue weighted by Gasteiger charge is 2.53. The van der Waals surface area contributed by atoms with Crippen LogP contribution in [0.25, 0.3) is 11.0 Å². The summed E-state index contributed by atoms with van der Waals surface area (Å²) >= 11 is 5.91. The summed E-state index contributed by atoms with van der Waals surface area (Å²) in [5.41, 5.74) is 3.19. The first-order valence-corrected chi connectivity index (χ1v) is 14.4. The number of halogens is 1. The van der Waals surface area contributed by atoms with Gasteiger partial charge >= 0.3 is 11.7 Å². The third kappa shape index (κ3) is 6.63. The van der Waals surface area contributed by atoms with Gasteiger partial charge in [-0.3, -0.25) is 4.79 Å². The number of carbonyl (C=O) groups excluding carboxylic acids is 2. The summed E-state index contributed by atoms with van der Waals surface area (Å²) in [7, 11) is 1.37. The number of aromatic hydroxyl groups is 1. The standard InChI is InChI=1S/C32H31ClN2O11/c1-15-22(43-30-25(38)27(45-31(34)40)28(41-4)32(2,3)46-30)13-12-18-24(37)19(29(39)44-26(15)18)14-21(36)20-6-5-7-23(35-20)42-17-10-8-16(33)9-11-17/h5-13,25,27-28,30,37-38H,14H2,1-4H3,(H2,34,40)/t25-,27+,28-,30-/m1/s1. The Morgan fingerprint density at radius 3 is 2.50 bits per heavy atom. The molecule has 46 heavy (non-hydrogen) atoms. The molecule has 1 saturated heterocycles. The number of primary amides is 1. The van der Waals surface area contributed by atoms with Gasteiger partial charge in [0.1, 0.15) is 34.6 Å². The zero-order valence-electron chi connectivity index (χ0n) is 25.2. The van der Waals surface area contributed by atoms with Crippen LogP contribution in [0, 0.1) is 6.92 Å². The zero-order chi connectivity index (χ0) is 33.3. The number of carbonyl (C=O) groups is 2. The molecule has 2 aromatic heterocycles. The van der Waals surface area contributed by atoms with Crippen molar-refractivity contribution in [3.63, 3.8) is 0 Å². The average Bonchev–Trinajstić information content (AvgIpc) is 3.00. The third-order valence-corrected chi connectivity index (χ3v) is 7.74. The predicted octanol–water partition coefficient (Wildman–Crippen LogP) is 4.43. The zero-order valence-corrected chi connectivity index (χ0v) is 25.9. The number of fused-ring (bicyclic) bond motifs is 1. The maximum absolute atomic E-state index is 13.1. The minimum absolute atomic E-state index is 0.00795. The van der Waals surface area contributed by atoms with E-state index in [9.17, 15) is 24.6 Å². The highest BCUT2D eigenvalue weighted by molar-refractivity contribution is 6.30. The van der Waals surface area contributed by atoms with Gasteiger partial charge in [0.25, 0.3) is 0 Å². The highest BCUT2D eigenvalue weighted by atomic mass is 35.5. The quantitative estimate of drug-likeness (QED) is 0.170. The van der Waals surface area contributed by atoms with Gasteiger partial charge in [-0.25, -0.2) is 14.6 Å². The lowest BCUT2D eigenvalue weighted by atomic mass is 9.89. The fourth-order valence-electron chi connectivity index (χ4n) is 5.26. The number of rotatable bonds is 9. The van der Waals surface area contributed by atoms with Crippen LogP contribution in [0.3, 0.4) is 0 Å². The van der Waals surface area contributed by atoms with Gasteiger partial charge in [-0.2, -0.15) is 0 Å². The van der Waals surface area contributed by atoms with Gasteiger partial charge in [0, 0.05) is 30.2 Å². The average molecular weight is 655 g/mol. The van der Waals surface area contributed by atoms with Crippen LogP contribution in [0.2, 0.25) is 5.02 Å². The van der Waals surface area contributed by atoms with Gasteiger partial charge in [0.2, 0.25) is 12.2 Å². The summed E-state index contributed by atoms with van der Waals surface area (Å²) < 4.78 is 33.7. The monoisotopic (exact) mass is 654 g/mol. The first-order valence-electron chi connectivity index (χ1n) is 14.0. The minimum Gasteiger partial charge on any atom is -0.507 e. The summed E-state index contributed by atoms with van der Waals surface area (Å²) in [6.07, 6.45) is -6.59. The number of benzene rings is 2. The second-order valence-corrected chi connectivity index (χ2v) is 11.5. The molecule has 4 N–H and O–H groups in total. The second kappa shape index (κ2) is 13.0. The Kier molecular flexibility index (Phi) is 9.22. The molecule has 0 saturated carbocycles. The minimum atomic E-state index is -1.52. The van der Waals surface area contributed by atoms with E-state index in [2.05, 4.69) is 4.98 Å². The van der Waals surface area contributed by atoms with Crippen LogP contribution in [0.4, 0.5) is 4.79 Å². The molecule has 0 radical (unpaired) electrons. The van der Waals surface area contributed by atoms with Gasteiger partial charge in [-0.05, 0) is 63.2 Å². The molecule has 4 atom stereocenters. The molecule has 13 nitrogen and oxygen atoms in total. The smallest absolute Gasteiger partial charge is 0.404 e. The van der Waals surface area contributed by atoms with E-state index >= 15 is 0 Å². The van der Waals surface area contributed by atoms with E-state index in [0.717, 1.165) is 0 Å². The van der Waals surface area contributed by atoms with Crippen molar-refractivity contribution in [3.05, 3.63) is 86.9 Å². The number of hydrogen-bond acceptors (Lipinski definition) is 12. The number of nitrogens with zero attached hydrogens (tertiary/aromatic N) is 1. The normalized spacial score (nSPS) is 20.7. The van der Waals surface area contributed by atoms with E-state index in [0.29, 0.717) is 10.8 Å². The molecule has 2 aromatic carbocycles. The number of pyridine rings is 1. The van der Waals surface area contributed by atoms with Crippen LogP contribution in [0.15, 0.2) is 63.8 Å². The van der Waals surface area contributed by atoms with Crippen LogP contribution < -0.4 is 20.8 Å². The SMILES string of the molecule is CO[C@@H]1[C@@H](OC(N)=O)[C@@H](O)[C@H](Oc2ccc3c(O)c(CC(=O)c4cccc(Oc5ccc(Cl)cc5)n4)c(=O)oc3c2C)OC1(C)C. The molecule has 0 unspecified atom stereocenters. The molecular weight excluding hydrogens is 624 g/mol. The van der Waals surface area contributed by atoms with E-state index in [4.69, 9.17) is 45.4 Å². The molecule has 0 spiro atoms. The number of hydrogen-bond donors (Lipinski definition) is 3. The Balaban J connectivity index is 1.39. The molecule has 1 fully saturated rings. The van der Waals surface area contributed by atoms with Crippen LogP contribution in [-0.4, -0.2) is 64.4 Å². The fourth-order valence-corrected chi connectivity index (χ4v) is 5.38. The van der Waals surface area contributed by atoms with Crippen molar-refractivity contribution >= 4 is 34.4 Å². The summed E-state index contributed by atoms with van der Waals surface area (Å²) in [4.78, 5) is 41.9. The molecular formula is C32H31ClN2O11. The molecule has 1 aliphatic heterocycles. The molecule has 14 heteroatoms. The van der Waals surface area contributed by atoms with Gasteiger partial charge in [-0.15, -0.1) is 0 Å². The van der Waals surface area contributed by atoms with E-state index in [1.165, 1.54) is 25.3 Å². The Morgan fingerprint density at radius 1 is 1.11 bits per heavy atom. The number of aromatic nitrogens is 1. The maximum atomic E-state index is 13.1. The van der Waals surface area contributed by atoms with Crippen LogP contribution in [0.5, 0.6) is 23.1 Å². The van der Waals surface area contributed by atoms with Crippen LogP contribution in [0.1, 0.15) is 35.5 Å².